The molecule has 0 amide bonds. The van der Waals surface area contributed by atoms with Crippen LogP contribution in [0.15, 0.2) is 12.4 Å². The van der Waals surface area contributed by atoms with Crippen molar-refractivity contribution in [1.82, 2.24) is 19.7 Å². The van der Waals surface area contributed by atoms with Crippen molar-refractivity contribution in [3.05, 3.63) is 23.9 Å². The molecule has 2 rings (SSSR count). The summed E-state index contributed by atoms with van der Waals surface area (Å²) in [4.78, 5) is 7.37. The van der Waals surface area contributed by atoms with Crippen molar-refractivity contribution < 1.29 is 4.39 Å². The van der Waals surface area contributed by atoms with E-state index in [1.165, 1.54) is 6.33 Å². The van der Waals surface area contributed by atoms with Crippen molar-refractivity contribution >= 4 is 5.82 Å². The molecule has 78 valence electrons. The molecule has 2 N–H and O–H groups in total. The minimum absolute atomic E-state index is 0.131. The summed E-state index contributed by atoms with van der Waals surface area (Å²) in [5, 5.41) is 4.11. The Morgan fingerprint density at radius 2 is 2.13 bits per heavy atom. The van der Waals surface area contributed by atoms with Gasteiger partial charge >= 0.3 is 0 Å². The Bertz CT molecular complexity index is 486. The summed E-state index contributed by atoms with van der Waals surface area (Å²) in [5.41, 5.74) is 6.85. The largest absolute Gasteiger partial charge is 0.381 e. The Morgan fingerprint density at radius 3 is 2.73 bits per heavy atom. The molecule has 0 bridgehead atoms. The summed E-state index contributed by atoms with van der Waals surface area (Å²) in [6.45, 7) is 1.87. The van der Waals surface area contributed by atoms with Gasteiger partial charge in [0.15, 0.2) is 11.6 Å². The second-order valence-corrected chi connectivity index (χ2v) is 3.22. The third-order valence-electron chi connectivity index (χ3n) is 2.17. The third kappa shape index (κ3) is 1.54. The van der Waals surface area contributed by atoms with E-state index in [1.54, 1.807) is 17.8 Å². The van der Waals surface area contributed by atoms with E-state index in [-0.39, 0.29) is 11.5 Å². The lowest BCUT2D eigenvalue weighted by molar-refractivity contribution is 0.622. The van der Waals surface area contributed by atoms with Crippen LogP contribution in [0.5, 0.6) is 0 Å². The molecular formula is C9H10FN5. The predicted molar refractivity (Wildman–Crippen MR) is 53.3 cm³/mol. The molecule has 0 atom stereocenters. The van der Waals surface area contributed by atoms with Crippen LogP contribution in [0.25, 0.3) is 11.4 Å². The van der Waals surface area contributed by atoms with E-state index in [0.717, 1.165) is 5.69 Å². The Hall–Kier alpha value is -1.98. The van der Waals surface area contributed by atoms with Crippen molar-refractivity contribution in [2.45, 2.75) is 6.92 Å². The van der Waals surface area contributed by atoms with Crippen molar-refractivity contribution in [3.63, 3.8) is 0 Å². The van der Waals surface area contributed by atoms with Crippen molar-refractivity contribution in [2.24, 2.45) is 7.05 Å². The number of nitrogen functional groups attached to an aromatic ring is 1. The molecule has 0 saturated heterocycles. The summed E-state index contributed by atoms with van der Waals surface area (Å²) in [6.07, 6.45) is 1.22. The smallest absolute Gasteiger partial charge is 0.193 e. The summed E-state index contributed by atoms with van der Waals surface area (Å²) < 4.78 is 15.2. The number of rotatable bonds is 1. The van der Waals surface area contributed by atoms with Crippen LogP contribution in [0.3, 0.4) is 0 Å². The minimum Gasteiger partial charge on any atom is -0.381 e. The first-order valence-electron chi connectivity index (χ1n) is 4.36. The fourth-order valence-electron chi connectivity index (χ4n) is 1.24. The van der Waals surface area contributed by atoms with E-state index in [4.69, 9.17) is 5.73 Å². The van der Waals surface area contributed by atoms with Crippen LogP contribution in [-0.2, 0) is 7.05 Å². The van der Waals surface area contributed by atoms with E-state index in [1.807, 2.05) is 6.92 Å². The Labute approximate surface area is 85.8 Å². The van der Waals surface area contributed by atoms with Gasteiger partial charge in [0.25, 0.3) is 0 Å². The molecule has 0 radical (unpaired) electrons. The maximum absolute atomic E-state index is 13.5. The zero-order valence-corrected chi connectivity index (χ0v) is 8.40. The minimum atomic E-state index is -0.629. The number of aryl methyl sites for hydroxylation is 2. The molecule has 2 heterocycles. The van der Waals surface area contributed by atoms with Crippen LogP contribution in [0.1, 0.15) is 5.69 Å². The van der Waals surface area contributed by atoms with Crippen LogP contribution in [-0.4, -0.2) is 19.7 Å². The molecule has 0 unspecified atom stereocenters. The molecule has 2 aromatic heterocycles. The summed E-state index contributed by atoms with van der Waals surface area (Å²) in [6, 6.07) is 1.74. The second-order valence-electron chi connectivity index (χ2n) is 3.22. The Balaban J connectivity index is 2.59. The van der Waals surface area contributed by atoms with Crippen LogP contribution in [0, 0.1) is 12.7 Å². The molecule has 2 aromatic rings. The van der Waals surface area contributed by atoms with Gasteiger partial charge in [0.2, 0.25) is 0 Å². The van der Waals surface area contributed by atoms with Gasteiger partial charge in [-0.1, -0.05) is 0 Å². The van der Waals surface area contributed by atoms with Gasteiger partial charge in [0.05, 0.1) is 0 Å². The van der Waals surface area contributed by atoms with E-state index >= 15 is 0 Å². The molecule has 0 aliphatic carbocycles. The van der Waals surface area contributed by atoms with Gasteiger partial charge in [-0.3, -0.25) is 4.68 Å². The van der Waals surface area contributed by atoms with Crippen LogP contribution in [0.4, 0.5) is 10.2 Å². The van der Waals surface area contributed by atoms with Crippen molar-refractivity contribution in [1.29, 1.82) is 0 Å². The highest BCUT2D eigenvalue weighted by atomic mass is 19.1. The van der Waals surface area contributed by atoms with Crippen LogP contribution < -0.4 is 5.73 Å². The van der Waals surface area contributed by atoms with Gasteiger partial charge in [0, 0.05) is 12.7 Å². The number of anilines is 1. The first-order valence-corrected chi connectivity index (χ1v) is 4.36. The molecule has 0 aliphatic rings. The van der Waals surface area contributed by atoms with Gasteiger partial charge in [-0.25, -0.2) is 14.4 Å². The van der Waals surface area contributed by atoms with Gasteiger partial charge < -0.3 is 5.73 Å². The average Bonchev–Trinajstić information content (AvgIpc) is 2.51. The second kappa shape index (κ2) is 3.30. The lowest BCUT2D eigenvalue weighted by Gasteiger charge is -1.99. The summed E-state index contributed by atoms with van der Waals surface area (Å²) in [5.74, 6) is -0.793. The molecule has 0 spiro atoms. The molecular weight excluding hydrogens is 197 g/mol. The first-order chi connectivity index (χ1) is 7.09. The maximum Gasteiger partial charge on any atom is 0.193 e. The topological polar surface area (TPSA) is 69.6 Å². The highest BCUT2D eigenvalue weighted by Gasteiger charge is 2.13. The van der Waals surface area contributed by atoms with Gasteiger partial charge in [0.1, 0.15) is 17.7 Å². The molecule has 0 fully saturated rings. The quantitative estimate of drug-likeness (QED) is 0.754. The van der Waals surface area contributed by atoms with Gasteiger partial charge in [-0.2, -0.15) is 5.10 Å². The molecule has 0 aliphatic heterocycles. The number of aromatic nitrogens is 4. The van der Waals surface area contributed by atoms with E-state index in [0.29, 0.717) is 5.69 Å². The number of nitrogens with two attached hydrogens (primary N) is 1. The zero-order valence-electron chi connectivity index (χ0n) is 8.40. The number of halogens is 1. The fourth-order valence-corrected chi connectivity index (χ4v) is 1.24. The van der Waals surface area contributed by atoms with Crippen LogP contribution in [0.2, 0.25) is 0 Å². The Kier molecular flexibility index (Phi) is 2.11. The van der Waals surface area contributed by atoms with Crippen molar-refractivity contribution in [3.8, 4) is 11.4 Å². The standard InChI is InChI=1S/C9H10FN5/c1-5-3-6(14-15(5)2)8-7(10)9(11)13-4-12-8/h3-4H,1-2H3,(H2,11,12,13). The van der Waals surface area contributed by atoms with E-state index in [2.05, 4.69) is 15.1 Å². The zero-order chi connectivity index (χ0) is 11.0. The van der Waals surface area contributed by atoms with Gasteiger partial charge in [-0.05, 0) is 13.0 Å². The number of hydrogen-bond acceptors (Lipinski definition) is 4. The average molecular weight is 207 g/mol. The van der Waals surface area contributed by atoms with Crippen LogP contribution >= 0.6 is 0 Å². The number of hydrogen-bond donors (Lipinski definition) is 1. The Morgan fingerprint density at radius 1 is 1.40 bits per heavy atom. The molecule has 5 nitrogen and oxygen atoms in total. The maximum atomic E-state index is 13.5. The fraction of sp³-hybridized carbons (Fsp3) is 0.222. The first kappa shape index (κ1) is 9.57. The lowest BCUT2D eigenvalue weighted by atomic mass is 10.2. The van der Waals surface area contributed by atoms with Crippen molar-refractivity contribution in [2.75, 3.05) is 5.73 Å². The highest BCUT2D eigenvalue weighted by Crippen LogP contribution is 2.21. The summed E-state index contributed by atoms with van der Waals surface area (Å²) >= 11 is 0. The predicted octanol–water partition coefficient (Wildman–Crippen LogP) is 0.907. The lowest BCUT2D eigenvalue weighted by Crippen LogP contribution is -2.00. The van der Waals surface area contributed by atoms with E-state index in [9.17, 15) is 4.39 Å². The normalized spacial score (nSPS) is 10.6. The highest BCUT2D eigenvalue weighted by molar-refractivity contribution is 5.58. The molecule has 0 saturated carbocycles. The molecule has 0 aromatic carbocycles. The van der Waals surface area contributed by atoms with Gasteiger partial charge in [-0.15, -0.1) is 0 Å². The monoisotopic (exact) mass is 207 g/mol. The number of nitrogens with zero attached hydrogens (tertiary/aromatic N) is 4. The molecule has 15 heavy (non-hydrogen) atoms. The molecule has 6 heteroatoms. The summed E-state index contributed by atoms with van der Waals surface area (Å²) in [7, 11) is 1.78. The third-order valence-corrected chi connectivity index (χ3v) is 2.17. The van der Waals surface area contributed by atoms with E-state index < -0.39 is 5.82 Å². The SMILES string of the molecule is Cc1cc(-c2ncnc(N)c2F)nn1C.